The fourth-order valence-electron chi connectivity index (χ4n) is 1.33. The van der Waals surface area contributed by atoms with Crippen LogP contribution >= 0.6 is 15.9 Å². The molecular weight excluding hydrogens is 220 g/mol. The lowest BCUT2D eigenvalue weighted by molar-refractivity contribution is 0.581. The average Bonchev–Trinajstić information content (AvgIpc) is 2.54. The van der Waals surface area contributed by atoms with Crippen LogP contribution in [0.25, 0.3) is 0 Å². The maximum absolute atomic E-state index is 4.24. The van der Waals surface area contributed by atoms with E-state index in [2.05, 4.69) is 36.1 Å². The summed E-state index contributed by atoms with van der Waals surface area (Å²) in [5.74, 6) is 0.961. The molecule has 1 fully saturated rings. The van der Waals surface area contributed by atoms with Gasteiger partial charge < -0.3 is 15.2 Å². The Balaban J connectivity index is 2.08. The highest BCUT2D eigenvalue weighted by Gasteiger charge is 2.12. The number of imidazole rings is 1. The first-order valence-corrected chi connectivity index (χ1v) is 4.82. The Morgan fingerprint density at radius 2 is 2.17 bits per heavy atom. The molecule has 4 nitrogen and oxygen atoms in total. The molecular formula is C7H11BrN4. The Morgan fingerprint density at radius 3 is 2.75 bits per heavy atom. The minimum absolute atomic E-state index is 0.941. The van der Waals surface area contributed by atoms with Gasteiger partial charge in [-0.2, -0.15) is 0 Å². The molecule has 1 aromatic rings. The van der Waals surface area contributed by atoms with Crippen LogP contribution in [-0.4, -0.2) is 36.1 Å². The number of aromatic amines is 1. The summed E-state index contributed by atoms with van der Waals surface area (Å²) in [7, 11) is 0. The third kappa shape index (κ3) is 1.61. The van der Waals surface area contributed by atoms with E-state index in [1.165, 1.54) is 0 Å². The lowest BCUT2D eigenvalue weighted by Crippen LogP contribution is -2.44. The summed E-state index contributed by atoms with van der Waals surface area (Å²) in [5.41, 5.74) is 0. The Kier molecular flexibility index (Phi) is 2.32. The first kappa shape index (κ1) is 8.07. The summed E-state index contributed by atoms with van der Waals surface area (Å²) >= 11 is 3.34. The predicted molar refractivity (Wildman–Crippen MR) is 51.4 cm³/mol. The second-order valence-electron chi connectivity index (χ2n) is 2.79. The first-order valence-electron chi connectivity index (χ1n) is 4.02. The van der Waals surface area contributed by atoms with Gasteiger partial charge in [-0.3, -0.25) is 0 Å². The number of nitrogens with zero attached hydrogens (tertiary/aromatic N) is 2. The van der Waals surface area contributed by atoms with Crippen LogP contribution < -0.4 is 10.2 Å². The van der Waals surface area contributed by atoms with E-state index in [4.69, 9.17) is 0 Å². The molecule has 1 aromatic heterocycles. The second-order valence-corrected chi connectivity index (χ2v) is 3.65. The summed E-state index contributed by atoms with van der Waals surface area (Å²) in [6, 6.07) is 0. The number of halogens is 1. The highest BCUT2D eigenvalue weighted by Crippen LogP contribution is 2.13. The Bertz CT molecular complexity index is 254. The molecule has 0 spiro atoms. The van der Waals surface area contributed by atoms with Crippen molar-refractivity contribution < 1.29 is 0 Å². The monoisotopic (exact) mass is 230 g/mol. The van der Waals surface area contributed by atoms with Crippen LogP contribution in [-0.2, 0) is 0 Å². The number of rotatable bonds is 1. The molecule has 0 bridgehead atoms. The molecule has 0 radical (unpaired) electrons. The number of piperazine rings is 1. The lowest BCUT2D eigenvalue weighted by atomic mass is 10.4. The van der Waals surface area contributed by atoms with Crippen LogP contribution in [0.1, 0.15) is 0 Å². The van der Waals surface area contributed by atoms with E-state index < -0.39 is 0 Å². The van der Waals surface area contributed by atoms with Gasteiger partial charge in [0.25, 0.3) is 0 Å². The van der Waals surface area contributed by atoms with Crippen LogP contribution in [0.2, 0.25) is 0 Å². The highest BCUT2D eigenvalue weighted by molar-refractivity contribution is 9.10. The van der Waals surface area contributed by atoms with Crippen molar-refractivity contribution in [2.75, 3.05) is 31.1 Å². The van der Waals surface area contributed by atoms with Crippen molar-refractivity contribution in [1.82, 2.24) is 15.3 Å². The van der Waals surface area contributed by atoms with E-state index >= 15 is 0 Å². The Labute approximate surface area is 79.5 Å². The number of anilines is 1. The minimum atomic E-state index is 0.941. The molecule has 2 N–H and O–H groups in total. The summed E-state index contributed by atoms with van der Waals surface area (Å²) in [4.78, 5) is 9.62. The van der Waals surface area contributed by atoms with E-state index in [-0.39, 0.29) is 0 Å². The van der Waals surface area contributed by atoms with Crippen molar-refractivity contribution in [3.8, 4) is 0 Å². The standard InChI is InChI=1S/C7H11BrN4/c8-6-5-10-7(11-6)12-3-1-9-2-4-12/h5,9H,1-4H2,(H,10,11). The number of nitrogens with one attached hydrogen (secondary N) is 2. The molecule has 12 heavy (non-hydrogen) atoms. The topological polar surface area (TPSA) is 44.0 Å². The van der Waals surface area contributed by atoms with Gasteiger partial charge in [0.15, 0.2) is 0 Å². The van der Waals surface area contributed by atoms with E-state index in [1.54, 1.807) is 6.20 Å². The number of H-pyrrole nitrogens is 1. The number of hydrogen-bond donors (Lipinski definition) is 2. The van der Waals surface area contributed by atoms with Gasteiger partial charge in [0.05, 0.1) is 6.20 Å². The molecule has 0 atom stereocenters. The van der Waals surface area contributed by atoms with Gasteiger partial charge in [-0.05, 0) is 15.9 Å². The van der Waals surface area contributed by atoms with Gasteiger partial charge in [-0.25, -0.2) is 4.98 Å². The Morgan fingerprint density at radius 1 is 1.42 bits per heavy atom. The smallest absolute Gasteiger partial charge is 0.203 e. The van der Waals surface area contributed by atoms with Gasteiger partial charge in [-0.15, -0.1) is 0 Å². The van der Waals surface area contributed by atoms with Crippen LogP contribution in [0.5, 0.6) is 0 Å². The van der Waals surface area contributed by atoms with Gasteiger partial charge in [-0.1, -0.05) is 0 Å². The van der Waals surface area contributed by atoms with Crippen LogP contribution in [0.3, 0.4) is 0 Å². The maximum Gasteiger partial charge on any atom is 0.203 e. The molecule has 2 heterocycles. The van der Waals surface area contributed by atoms with E-state index in [9.17, 15) is 0 Å². The van der Waals surface area contributed by atoms with Crippen molar-refractivity contribution >= 4 is 21.9 Å². The fourth-order valence-corrected chi connectivity index (χ4v) is 1.61. The average molecular weight is 231 g/mol. The van der Waals surface area contributed by atoms with Gasteiger partial charge in [0, 0.05) is 26.2 Å². The lowest BCUT2D eigenvalue weighted by Gasteiger charge is -2.26. The first-order chi connectivity index (χ1) is 5.86. The molecule has 0 unspecified atom stereocenters. The van der Waals surface area contributed by atoms with Crippen LogP contribution in [0.15, 0.2) is 10.8 Å². The van der Waals surface area contributed by atoms with Gasteiger partial charge >= 0.3 is 0 Å². The van der Waals surface area contributed by atoms with Crippen molar-refractivity contribution in [2.45, 2.75) is 0 Å². The summed E-state index contributed by atoms with van der Waals surface area (Å²) in [5, 5.41) is 3.30. The Hall–Kier alpha value is -0.550. The molecule has 0 aromatic carbocycles. The molecule has 1 aliphatic heterocycles. The quantitative estimate of drug-likeness (QED) is 0.743. The third-order valence-electron chi connectivity index (χ3n) is 1.95. The number of aromatic nitrogens is 2. The SMILES string of the molecule is Brc1cnc(N2CCNCC2)[nH]1. The van der Waals surface area contributed by atoms with Gasteiger partial charge in [0.1, 0.15) is 4.60 Å². The normalized spacial score (nSPS) is 18.2. The zero-order valence-corrected chi connectivity index (χ0v) is 8.26. The maximum atomic E-state index is 4.24. The van der Waals surface area contributed by atoms with Gasteiger partial charge in [0.2, 0.25) is 5.95 Å². The summed E-state index contributed by atoms with van der Waals surface area (Å²) in [6.45, 7) is 4.14. The van der Waals surface area contributed by atoms with Crippen molar-refractivity contribution in [2.24, 2.45) is 0 Å². The van der Waals surface area contributed by atoms with Crippen molar-refractivity contribution in [3.05, 3.63) is 10.8 Å². The van der Waals surface area contributed by atoms with Crippen molar-refractivity contribution in [1.29, 1.82) is 0 Å². The fraction of sp³-hybridized carbons (Fsp3) is 0.571. The molecule has 1 aliphatic rings. The largest absolute Gasteiger partial charge is 0.340 e. The molecule has 0 saturated carbocycles. The summed E-state index contributed by atoms with van der Waals surface area (Å²) < 4.78 is 0.941. The molecule has 2 rings (SSSR count). The van der Waals surface area contributed by atoms with E-state index in [0.717, 1.165) is 36.7 Å². The second kappa shape index (κ2) is 3.45. The van der Waals surface area contributed by atoms with Crippen molar-refractivity contribution in [3.63, 3.8) is 0 Å². The molecule has 0 aliphatic carbocycles. The molecule has 5 heteroatoms. The van der Waals surface area contributed by atoms with E-state index in [0.29, 0.717) is 0 Å². The molecule has 66 valence electrons. The number of hydrogen-bond acceptors (Lipinski definition) is 3. The zero-order valence-electron chi connectivity index (χ0n) is 6.68. The predicted octanol–water partition coefficient (Wildman–Crippen LogP) is 0.582. The summed E-state index contributed by atoms with van der Waals surface area (Å²) in [6.07, 6.45) is 1.79. The molecule has 0 amide bonds. The zero-order chi connectivity index (χ0) is 8.39. The minimum Gasteiger partial charge on any atom is -0.340 e. The highest BCUT2D eigenvalue weighted by atomic mass is 79.9. The van der Waals surface area contributed by atoms with Crippen LogP contribution in [0, 0.1) is 0 Å². The van der Waals surface area contributed by atoms with Crippen LogP contribution in [0.4, 0.5) is 5.95 Å². The van der Waals surface area contributed by atoms with E-state index in [1.807, 2.05) is 0 Å². The third-order valence-corrected chi connectivity index (χ3v) is 2.35. The molecule has 1 saturated heterocycles.